The molecule has 4 nitrogen and oxygen atoms in total. The van der Waals surface area contributed by atoms with Crippen molar-refractivity contribution in [1.29, 1.82) is 0 Å². The fourth-order valence-corrected chi connectivity index (χ4v) is 1.44. The Labute approximate surface area is 81.6 Å². The van der Waals surface area contributed by atoms with Crippen LogP contribution in [0.3, 0.4) is 0 Å². The molecule has 5 heteroatoms. The van der Waals surface area contributed by atoms with Crippen LogP contribution < -0.4 is 5.73 Å². The van der Waals surface area contributed by atoms with Crippen LogP contribution in [0.5, 0.6) is 0 Å². The van der Waals surface area contributed by atoms with E-state index in [1.807, 2.05) is 0 Å². The third kappa shape index (κ3) is 2.52. The van der Waals surface area contributed by atoms with Gasteiger partial charge in [0.1, 0.15) is 5.82 Å². The van der Waals surface area contributed by atoms with E-state index in [0.717, 1.165) is 18.8 Å². The molecule has 2 rings (SSSR count). The maximum absolute atomic E-state index is 5.64. The average Bonchev–Trinajstić information content (AvgIpc) is 2.81. The standard InChI is InChI=1S/C8H11ClN4/c9-7-11-6(12-8(10)13-7)4-3-5-1-2-5/h5H,1-4H2,(H2,10,11,12,13). The predicted octanol–water partition coefficient (Wildman–Crippen LogP) is 1.45. The molecule has 0 atom stereocenters. The van der Waals surface area contributed by atoms with Gasteiger partial charge in [0.05, 0.1) is 0 Å². The van der Waals surface area contributed by atoms with E-state index < -0.39 is 0 Å². The fraction of sp³-hybridized carbons (Fsp3) is 0.625. The highest BCUT2D eigenvalue weighted by atomic mass is 35.5. The molecule has 0 amide bonds. The van der Waals surface area contributed by atoms with Crippen LogP contribution in [0.15, 0.2) is 0 Å². The molecule has 1 heterocycles. The van der Waals surface area contributed by atoms with Crippen LogP contribution in [-0.2, 0) is 6.42 Å². The normalized spacial score (nSPS) is 16.1. The summed E-state index contributed by atoms with van der Waals surface area (Å²) < 4.78 is 0. The smallest absolute Gasteiger partial charge is 0.227 e. The van der Waals surface area contributed by atoms with Gasteiger partial charge in [-0.3, -0.25) is 0 Å². The molecule has 0 aliphatic heterocycles. The first kappa shape index (κ1) is 8.69. The van der Waals surface area contributed by atoms with Crippen molar-refractivity contribution < 1.29 is 0 Å². The SMILES string of the molecule is Nc1nc(Cl)nc(CCC2CC2)n1. The zero-order valence-corrected chi connectivity index (χ0v) is 7.96. The first-order valence-electron chi connectivity index (χ1n) is 4.40. The quantitative estimate of drug-likeness (QED) is 0.799. The Bertz CT molecular complexity index is 291. The Morgan fingerprint density at radius 2 is 2.08 bits per heavy atom. The summed E-state index contributed by atoms with van der Waals surface area (Å²) in [7, 11) is 0. The average molecular weight is 199 g/mol. The predicted molar refractivity (Wildman–Crippen MR) is 50.3 cm³/mol. The molecule has 1 aliphatic carbocycles. The van der Waals surface area contributed by atoms with Crippen LogP contribution in [-0.4, -0.2) is 15.0 Å². The summed E-state index contributed by atoms with van der Waals surface area (Å²) in [6.45, 7) is 0. The minimum atomic E-state index is 0.193. The molecular formula is C8H11ClN4. The van der Waals surface area contributed by atoms with Crippen molar-refractivity contribution in [2.45, 2.75) is 25.7 Å². The van der Waals surface area contributed by atoms with Gasteiger partial charge in [-0.05, 0) is 23.9 Å². The Balaban J connectivity index is 2.01. The van der Waals surface area contributed by atoms with Gasteiger partial charge >= 0.3 is 0 Å². The van der Waals surface area contributed by atoms with Crippen molar-refractivity contribution in [3.05, 3.63) is 11.1 Å². The van der Waals surface area contributed by atoms with E-state index in [9.17, 15) is 0 Å². The molecule has 13 heavy (non-hydrogen) atoms. The van der Waals surface area contributed by atoms with Crippen LogP contribution in [0.25, 0.3) is 0 Å². The molecule has 0 bridgehead atoms. The number of hydrogen-bond donors (Lipinski definition) is 1. The Hall–Kier alpha value is -0.900. The Morgan fingerprint density at radius 1 is 1.31 bits per heavy atom. The van der Waals surface area contributed by atoms with Crippen LogP contribution in [0.4, 0.5) is 5.95 Å². The number of hydrogen-bond acceptors (Lipinski definition) is 4. The molecule has 1 aliphatic rings. The first-order chi connectivity index (χ1) is 6.24. The highest BCUT2D eigenvalue weighted by Gasteiger charge is 2.21. The van der Waals surface area contributed by atoms with E-state index in [0.29, 0.717) is 5.82 Å². The van der Waals surface area contributed by atoms with Crippen molar-refractivity contribution in [3.63, 3.8) is 0 Å². The minimum absolute atomic E-state index is 0.193. The number of anilines is 1. The summed E-state index contributed by atoms with van der Waals surface area (Å²) in [6, 6.07) is 0. The second kappa shape index (κ2) is 3.46. The van der Waals surface area contributed by atoms with Gasteiger partial charge in [0.25, 0.3) is 0 Å². The molecule has 1 saturated carbocycles. The molecule has 1 aromatic heterocycles. The van der Waals surface area contributed by atoms with Gasteiger partial charge in [0.15, 0.2) is 0 Å². The molecule has 0 unspecified atom stereocenters. The van der Waals surface area contributed by atoms with E-state index in [1.54, 1.807) is 0 Å². The number of rotatable bonds is 3. The van der Waals surface area contributed by atoms with E-state index >= 15 is 0 Å². The Kier molecular flexibility index (Phi) is 2.31. The van der Waals surface area contributed by atoms with Gasteiger partial charge < -0.3 is 5.73 Å². The van der Waals surface area contributed by atoms with Gasteiger partial charge in [0, 0.05) is 6.42 Å². The summed E-state index contributed by atoms with van der Waals surface area (Å²) in [5, 5.41) is 0.193. The molecule has 0 aromatic carbocycles. The third-order valence-corrected chi connectivity index (χ3v) is 2.31. The van der Waals surface area contributed by atoms with Gasteiger partial charge in [-0.2, -0.15) is 9.97 Å². The largest absolute Gasteiger partial charge is 0.368 e. The second-order valence-electron chi connectivity index (χ2n) is 3.36. The summed E-state index contributed by atoms with van der Waals surface area (Å²) in [5.41, 5.74) is 5.43. The van der Waals surface area contributed by atoms with Crippen molar-refractivity contribution in [2.24, 2.45) is 5.92 Å². The fourth-order valence-electron chi connectivity index (χ4n) is 1.26. The van der Waals surface area contributed by atoms with Crippen molar-refractivity contribution in [2.75, 3.05) is 5.73 Å². The van der Waals surface area contributed by atoms with E-state index in [2.05, 4.69) is 15.0 Å². The molecule has 1 fully saturated rings. The van der Waals surface area contributed by atoms with Gasteiger partial charge in [-0.15, -0.1) is 0 Å². The zero-order chi connectivity index (χ0) is 9.26. The lowest BCUT2D eigenvalue weighted by atomic mass is 10.2. The van der Waals surface area contributed by atoms with Crippen LogP contribution in [0.2, 0.25) is 5.28 Å². The molecule has 0 spiro atoms. The molecule has 0 saturated heterocycles. The first-order valence-corrected chi connectivity index (χ1v) is 4.78. The number of halogens is 1. The molecule has 2 N–H and O–H groups in total. The van der Waals surface area contributed by atoms with Crippen molar-refractivity contribution in [1.82, 2.24) is 15.0 Å². The molecule has 70 valence electrons. The minimum Gasteiger partial charge on any atom is -0.368 e. The van der Waals surface area contributed by atoms with Gasteiger partial charge in [0.2, 0.25) is 11.2 Å². The lowest BCUT2D eigenvalue weighted by Gasteiger charge is -1.99. The van der Waals surface area contributed by atoms with Gasteiger partial charge in [-0.25, -0.2) is 4.98 Å². The van der Waals surface area contributed by atoms with Crippen LogP contribution in [0, 0.1) is 5.92 Å². The van der Waals surface area contributed by atoms with E-state index in [1.165, 1.54) is 12.8 Å². The number of nitrogen functional groups attached to an aromatic ring is 1. The summed E-state index contributed by atoms with van der Waals surface area (Å²) in [4.78, 5) is 11.7. The number of aryl methyl sites for hydroxylation is 1. The van der Waals surface area contributed by atoms with E-state index in [4.69, 9.17) is 17.3 Å². The van der Waals surface area contributed by atoms with Gasteiger partial charge in [-0.1, -0.05) is 12.8 Å². The molecular weight excluding hydrogens is 188 g/mol. The van der Waals surface area contributed by atoms with Crippen LogP contribution in [0.1, 0.15) is 25.1 Å². The lowest BCUT2D eigenvalue weighted by molar-refractivity contribution is 0.694. The third-order valence-electron chi connectivity index (χ3n) is 2.14. The number of nitrogens with two attached hydrogens (primary N) is 1. The number of nitrogens with zero attached hydrogens (tertiary/aromatic N) is 3. The summed E-state index contributed by atoms with van der Waals surface area (Å²) in [5.74, 6) is 1.80. The highest BCUT2D eigenvalue weighted by Crippen LogP contribution is 2.33. The molecule has 1 aromatic rings. The monoisotopic (exact) mass is 198 g/mol. The van der Waals surface area contributed by atoms with Crippen molar-refractivity contribution >= 4 is 17.5 Å². The summed E-state index contributed by atoms with van der Waals surface area (Å²) >= 11 is 5.64. The maximum atomic E-state index is 5.64. The topological polar surface area (TPSA) is 64.7 Å². The summed E-state index contributed by atoms with van der Waals surface area (Å²) in [6.07, 6.45) is 4.68. The van der Waals surface area contributed by atoms with Crippen molar-refractivity contribution in [3.8, 4) is 0 Å². The zero-order valence-electron chi connectivity index (χ0n) is 7.20. The number of aromatic nitrogens is 3. The van der Waals surface area contributed by atoms with E-state index in [-0.39, 0.29) is 11.2 Å². The lowest BCUT2D eigenvalue weighted by Crippen LogP contribution is -2.03. The maximum Gasteiger partial charge on any atom is 0.227 e. The second-order valence-corrected chi connectivity index (χ2v) is 3.70. The molecule has 0 radical (unpaired) electrons. The highest BCUT2D eigenvalue weighted by molar-refractivity contribution is 6.28. The Morgan fingerprint density at radius 3 is 2.69 bits per heavy atom. The van der Waals surface area contributed by atoms with Crippen LogP contribution >= 0.6 is 11.6 Å².